The summed E-state index contributed by atoms with van der Waals surface area (Å²) in [6, 6.07) is 7.22. The zero-order valence-electron chi connectivity index (χ0n) is 10.2. The Morgan fingerprint density at radius 1 is 1.19 bits per heavy atom. The van der Waals surface area contributed by atoms with Crippen LogP contribution in [0.2, 0.25) is 0 Å². The molecule has 88 valence electrons. The Hall–Kier alpha value is -0.890. The van der Waals surface area contributed by atoms with Crippen molar-refractivity contribution in [3.8, 4) is 0 Å². The molecule has 2 heteroatoms. The summed E-state index contributed by atoms with van der Waals surface area (Å²) in [5.41, 5.74) is 1.16. The number of pyridine rings is 1. The number of aromatic nitrogens is 1. The van der Waals surface area contributed by atoms with Crippen molar-refractivity contribution in [2.75, 3.05) is 0 Å². The van der Waals surface area contributed by atoms with Crippen LogP contribution in [0.5, 0.6) is 0 Å². The molecule has 1 aliphatic carbocycles. The molecule has 1 aromatic heterocycles. The summed E-state index contributed by atoms with van der Waals surface area (Å²) < 4.78 is 0. The molecule has 0 spiro atoms. The fourth-order valence-electron chi connectivity index (χ4n) is 2.52. The Labute approximate surface area is 98.5 Å². The molecular formula is C14H22N2. The van der Waals surface area contributed by atoms with E-state index in [-0.39, 0.29) is 0 Å². The zero-order chi connectivity index (χ0) is 11.2. The van der Waals surface area contributed by atoms with E-state index in [4.69, 9.17) is 0 Å². The third-order valence-corrected chi connectivity index (χ3v) is 3.47. The van der Waals surface area contributed by atoms with E-state index in [9.17, 15) is 0 Å². The third kappa shape index (κ3) is 3.31. The minimum atomic E-state index is 0.379. The summed E-state index contributed by atoms with van der Waals surface area (Å²) in [4.78, 5) is 4.41. The molecule has 2 nitrogen and oxygen atoms in total. The van der Waals surface area contributed by atoms with Gasteiger partial charge in [0.1, 0.15) is 0 Å². The van der Waals surface area contributed by atoms with E-state index in [0.717, 1.165) is 5.69 Å². The van der Waals surface area contributed by atoms with Gasteiger partial charge in [0.05, 0.1) is 5.69 Å². The zero-order valence-corrected chi connectivity index (χ0v) is 10.2. The molecule has 1 aliphatic rings. The van der Waals surface area contributed by atoms with Gasteiger partial charge < -0.3 is 5.32 Å². The summed E-state index contributed by atoms with van der Waals surface area (Å²) in [6.07, 6.45) is 10.1. The summed E-state index contributed by atoms with van der Waals surface area (Å²) in [5.74, 6) is 0. The minimum absolute atomic E-state index is 0.379. The smallest absolute Gasteiger partial charge is 0.0570 e. The van der Waals surface area contributed by atoms with Crippen molar-refractivity contribution in [3.05, 3.63) is 30.1 Å². The molecule has 0 aliphatic heterocycles. The maximum Gasteiger partial charge on any atom is 0.0570 e. The first-order chi connectivity index (χ1) is 7.86. The average molecular weight is 218 g/mol. The van der Waals surface area contributed by atoms with Crippen LogP contribution in [-0.4, -0.2) is 11.0 Å². The standard InChI is InChI=1S/C14H22N2/c1-12(14-10-6-7-11-15-14)16-13-8-4-2-3-5-9-13/h6-7,10-13,16H,2-5,8-9H2,1H3. The molecule has 0 saturated heterocycles. The number of nitrogens with one attached hydrogen (secondary N) is 1. The third-order valence-electron chi connectivity index (χ3n) is 3.47. The van der Waals surface area contributed by atoms with Gasteiger partial charge >= 0.3 is 0 Å². The highest BCUT2D eigenvalue weighted by Crippen LogP contribution is 2.20. The van der Waals surface area contributed by atoms with E-state index in [1.807, 2.05) is 12.3 Å². The first kappa shape index (κ1) is 11.6. The molecule has 0 radical (unpaired) electrons. The highest BCUT2D eigenvalue weighted by atomic mass is 15.0. The highest BCUT2D eigenvalue weighted by Gasteiger charge is 2.15. The van der Waals surface area contributed by atoms with Gasteiger partial charge in [0, 0.05) is 18.3 Å². The van der Waals surface area contributed by atoms with Gasteiger partial charge in [0.15, 0.2) is 0 Å². The fourth-order valence-corrected chi connectivity index (χ4v) is 2.52. The maximum atomic E-state index is 4.41. The second-order valence-electron chi connectivity index (χ2n) is 4.83. The topological polar surface area (TPSA) is 24.9 Å². The predicted octanol–water partition coefficient (Wildman–Crippen LogP) is 3.46. The lowest BCUT2D eigenvalue weighted by molar-refractivity contribution is 0.410. The molecule has 0 amide bonds. The number of nitrogens with zero attached hydrogens (tertiary/aromatic N) is 1. The van der Waals surface area contributed by atoms with Crippen molar-refractivity contribution >= 4 is 0 Å². The molecule has 1 unspecified atom stereocenters. The van der Waals surface area contributed by atoms with Gasteiger partial charge in [-0.05, 0) is 31.9 Å². The van der Waals surface area contributed by atoms with E-state index in [1.165, 1.54) is 38.5 Å². The van der Waals surface area contributed by atoms with Crippen molar-refractivity contribution < 1.29 is 0 Å². The van der Waals surface area contributed by atoms with E-state index < -0.39 is 0 Å². The summed E-state index contributed by atoms with van der Waals surface area (Å²) in [6.45, 7) is 2.22. The number of hydrogen-bond acceptors (Lipinski definition) is 2. The van der Waals surface area contributed by atoms with E-state index >= 15 is 0 Å². The van der Waals surface area contributed by atoms with Crippen molar-refractivity contribution in [1.82, 2.24) is 10.3 Å². The molecule has 1 fully saturated rings. The Kier molecular flexibility index (Phi) is 4.34. The van der Waals surface area contributed by atoms with Crippen LogP contribution in [0, 0.1) is 0 Å². The van der Waals surface area contributed by atoms with E-state index in [0.29, 0.717) is 12.1 Å². The van der Waals surface area contributed by atoms with Gasteiger partial charge in [0.25, 0.3) is 0 Å². The first-order valence-corrected chi connectivity index (χ1v) is 6.53. The Bertz CT molecular complexity index is 289. The number of rotatable bonds is 3. The molecule has 1 atom stereocenters. The second kappa shape index (κ2) is 6.00. The maximum absolute atomic E-state index is 4.41. The monoisotopic (exact) mass is 218 g/mol. The highest BCUT2D eigenvalue weighted by molar-refractivity contribution is 5.07. The molecule has 1 N–H and O–H groups in total. The van der Waals surface area contributed by atoms with Gasteiger partial charge in [-0.3, -0.25) is 4.98 Å². The number of hydrogen-bond donors (Lipinski definition) is 1. The van der Waals surface area contributed by atoms with Crippen LogP contribution in [-0.2, 0) is 0 Å². The molecule has 2 rings (SSSR count). The normalized spacial score (nSPS) is 20.3. The Morgan fingerprint density at radius 2 is 1.94 bits per heavy atom. The molecular weight excluding hydrogens is 196 g/mol. The van der Waals surface area contributed by atoms with Crippen molar-refractivity contribution in [1.29, 1.82) is 0 Å². The van der Waals surface area contributed by atoms with Gasteiger partial charge in [-0.15, -0.1) is 0 Å². The quantitative estimate of drug-likeness (QED) is 0.786. The lowest BCUT2D eigenvalue weighted by Gasteiger charge is -2.21. The lowest BCUT2D eigenvalue weighted by Crippen LogP contribution is -2.31. The average Bonchev–Trinajstić information content (AvgIpc) is 2.59. The SMILES string of the molecule is CC(NC1CCCCCC1)c1ccccn1. The van der Waals surface area contributed by atoms with Crippen molar-refractivity contribution in [3.63, 3.8) is 0 Å². The van der Waals surface area contributed by atoms with Crippen LogP contribution >= 0.6 is 0 Å². The van der Waals surface area contributed by atoms with Gasteiger partial charge in [-0.1, -0.05) is 31.7 Å². The van der Waals surface area contributed by atoms with Crippen LogP contribution in [0.1, 0.15) is 57.2 Å². The minimum Gasteiger partial charge on any atom is -0.306 e. The predicted molar refractivity (Wildman–Crippen MR) is 67.3 cm³/mol. The Balaban J connectivity index is 1.88. The van der Waals surface area contributed by atoms with Crippen LogP contribution in [0.4, 0.5) is 0 Å². The van der Waals surface area contributed by atoms with Crippen LogP contribution in [0.3, 0.4) is 0 Å². The van der Waals surface area contributed by atoms with Crippen LogP contribution < -0.4 is 5.32 Å². The first-order valence-electron chi connectivity index (χ1n) is 6.53. The van der Waals surface area contributed by atoms with E-state index in [1.54, 1.807) is 0 Å². The van der Waals surface area contributed by atoms with Crippen molar-refractivity contribution in [2.45, 2.75) is 57.5 Å². The van der Waals surface area contributed by atoms with Crippen LogP contribution in [0.15, 0.2) is 24.4 Å². The largest absolute Gasteiger partial charge is 0.306 e. The summed E-state index contributed by atoms with van der Waals surface area (Å²) in [5, 5.41) is 3.71. The summed E-state index contributed by atoms with van der Waals surface area (Å²) in [7, 11) is 0. The Morgan fingerprint density at radius 3 is 2.56 bits per heavy atom. The molecule has 1 saturated carbocycles. The fraction of sp³-hybridized carbons (Fsp3) is 0.643. The van der Waals surface area contributed by atoms with E-state index in [2.05, 4.69) is 29.4 Å². The molecule has 1 aromatic rings. The van der Waals surface area contributed by atoms with Gasteiger partial charge in [-0.2, -0.15) is 0 Å². The van der Waals surface area contributed by atoms with Crippen molar-refractivity contribution in [2.24, 2.45) is 0 Å². The molecule has 16 heavy (non-hydrogen) atoms. The molecule has 0 aromatic carbocycles. The van der Waals surface area contributed by atoms with Crippen LogP contribution in [0.25, 0.3) is 0 Å². The summed E-state index contributed by atoms with van der Waals surface area (Å²) >= 11 is 0. The molecule has 0 bridgehead atoms. The van der Waals surface area contributed by atoms with Gasteiger partial charge in [-0.25, -0.2) is 0 Å². The lowest BCUT2D eigenvalue weighted by atomic mass is 10.1. The molecule has 1 heterocycles. The second-order valence-corrected chi connectivity index (χ2v) is 4.83. The van der Waals surface area contributed by atoms with Gasteiger partial charge in [0.2, 0.25) is 0 Å².